The zero-order valence-corrected chi connectivity index (χ0v) is 26.3. The normalized spacial score (nSPS) is 17.6. The number of rotatable bonds is 10. The minimum absolute atomic E-state index is 0.00587. The zero-order chi connectivity index (χ0) is 33.6. The van der Waals surface area contributed by atoms with Gasteiger partial charge in [0.05, 0.1) is 48.9 Å². The van der Waals surface area contributed by atoms with Crippen molar-refractivity contribution in [3.63, 3.8) is 0 Å². The summed E-state index contributed by atoms with van der Waals surface area (Å²) in [6, 6.07) is 5.42. The first-order valence-corrected chi connectivity index (χ1v) is 14.8. The van der Waals surface area contributed by atoms with Gasteiger partial charge in [-0.3, -0.25) is 14.5 Å². The Morgan fingerprint density at radius 3 is 2.57 bits per heavy atom. The van der Waals surface area contributed by atoms with Gasteiger partial charge in [-0.1, -0.05) is 18.8 Å². The van der Waals surface area contributed by atoms with E-state index in [0.717, 1.165) is 30.1 Å². The molecule has 2 heterocycles. The third kappa shape index (κ3) is 8.27. The molecule has 2 aromatic carbocycles. The third-order valence-electron chi connectivity index (χ3n) is 7.96. The molecule has 1 fully saturated rings. The van der Waals surface area contributed by atoms with Gasteiger partial charge in [0.1, 0.15) is 23.6 Å². The number of nitrogens with one attached hydrogen (secondary N) is 3. The van der Waals surface area contributed by atoms with Crippen LogP contribution in [-0.4, -0.2) is 92.0 Å². The van der Waals surface area contributed by atoms with Crippen molar-refractivity contribution in [3.05, 3.63) is 53.1 Å². The molecule has 1 saturated heterocycles. The van der Waals surface area contributed by atoms with E-state index in [9.17, 15) is 27.2 Å². The van der Waals surface area contributed by atoms with Crippen LogP contribution in [0.25, 0.3) is 11.0 Å². The van der Waals surface area contributed by atoms with Crippen molar-refractivity contribution >= 4 is 28.5 Å². The van der Waals surface area contributed by atoms with Crippen LogP contribution in [0.15, 0.2) is 30.6 Å². The first kappa shape index (κ1) is 34.5. The lowest BCUT2D eigenvalue weighted by Crippen LogP contribution is -2.52. The second-order valence-corrected chi connectivity index (χ2v) is 11.3. The predicted octanol–water partition coefficient (Wildman–Crippen LogP) is 4.04. The van der Waals surface area contributed by atoms with Crippen molar-refractivity contribution in [2.24, 2.45) is 5.92 Å². The SMILES string of the molecule is CNC(=O)c1cc(OC)c(NCC#Cc2cc(C(=O)N[C@H]3CCN(C(C)COC)C[C@@H]3C)c3ncn(CC(F)(F)F)c3c2)cc1F. The molecule has 1 aromatic heterocycles. The van der Waals surface area contributed by atoms with E-state index >= 15 is 0 Å². The summed E-state index contributed by atoms with van der Waals surface area (Å²) in [4.78, 5) is 32.0. The Balaban J connectivity index is 1.58. The maximum atomic E-state index is 14.5. The minimum atomic E-state index is -4.51. The van der Waals surface area contributed by atoms with E-state index in [4.69, 9.17) is 9.47 Å². The Hall–Kier alpha value is -4.35. The summed E-state index contributed by atoms with van der Waals surface area (Å²) in [6.45, 7) is 4.96. The molecule has 10 nitrogen and oxygen atoms in total. The Labute approximate surface area is 264 Å². The summed E-state index contributed by atoms with van der Waals surface area (Å²) in [7, 11) is 4.41. The quantitative estimate of drug-likeness (QED) is 0.225. The largest absolute Gasteiger partial charge is 0.495 e. The number of ether oxygens (including phenoxy) is 2. The van der Waals surface area contributed by atoms with Crippen molar-refractivity contribution in [2.45, 2.75) is 45.1 Å². The molecular weight excluding hydrogens is 608 g/mol. The number of aromatic nitrogens is 2. The van der Waals surface area contributed by atoms with Crippen molar-refractivity contribution in [1.82, 2.24) is 25.1 Å². The number of hydrogen-bond donors (Lipinski definition) is 3. The van der Waals surface area contributed by atoms with E-state index in [1.165, 1.54) is 32.4 Å². The number of amides is 2. The number of alkyl halides is 3. The van der Waals surface area contributed by atoms with Gasteiger partial charge in [0.2, 0.25) is 0 Å². The van der Waals surface area contributed by atoms with Crippen molar-refractivity contribution in [1.29, 1.82) is 0 Å². The molecule has 1 aliphatic heterocycles. The molecule has 0 spiro atoms. The smallest absolute Gasteiger partial charge is 0.406 e. The highest BCUT2D eigenvalue weighted by Gasteiger charge is 2.32. The van der Waals surface area contributed by atoms with E-state index in [2.05, 4.69) is 44.6 Å². The summed E-state index contributed by atoms with van der Waals surface area (Å²) in [5, 5.41) is 8.35. The number of carbonyl (C=O) groups excluding carboxylic acids is 2. The molecule has 248 valence electrons. The van der Waals surface area contributed by atoms with Gasteiger partial charge in [-0.2, -0.15) is 13.2 Å². The lowest BCUT2D eigenvalue weighted by atomic mass is 9.92. The molecule has 14 heteroatoms. The van der Waals surface area contributed by atoms with Crippen LogP contribution in [0, 0.1) is 23.6 Å². The van der Waals surface area contributed by atoms with E-state index < -0.39 is 30.4 Å². The predicted molar refractivity (Wildman–Crippen MR) is 165 cm³/mol. The van der Waals surface area contributed by atoms with Gasteiger partial charge in [-0.05, 0) is 37.5 Å². The molecule has 3 atom stereocenters. The summed E-state index contributed by atoms with van der Waals surface area (Å²) in [5.41, 5.74) is 0.732. The molecule has 0 aliphatic carbocycles. The first-order valence-electron chi connectivity index (χ1n) is 14.8. The van der Waals surface area contributed by atoms with E-state index in [1.807, 2.05) is 6.92 Å². The van der Waals surface area contributed by atoms with Crippen molar-refractivity contribution < 1.29 is 36.6 Å². The van der Waals surface area contributed by atoms with Gasteiger partial charge < -0.3 is 30.0 Å². The Morgan fingerprint density at radius 2 is 1.91 bits per heavy atom. The van der Waals surface area contributed by atoms with Crippen LogP contribution < -0.4 is 20.7 Å². The fourth-order valence-electron chi connectivity index (χ4n) is 5.57. The third-order valence-corrected chi connectivity index (χ3v) is 7.96. The van der Waals surface area contributed by atoms with Gasteiger partial charge in [0.15, 0.2) is 0 Å². The van der Waals surface area contributed by atoms with Gasteiger partial charge in [-0.15, -0.1) is 0 Å². The number of fused-ring (bicyclic) bond motifs is 1. The molecule has 46 heavy (non-hydrogen) atoms. The number of anilines is 1. The first-order chi connectivity index (χ1) is 21.8. The number of carbonyl (C=O) groups is 2. The highest BCUT2D eigenvalue weighted by atomic mass is 19.4. The maximum absolute atomic E-state index is 14.5. The van der Waals surface area contributed by atoms with Gasteiger partial charge in [-0.25, -0.2) is 9.37 Å². The van der Waals surface area contributed by atoms with Crippen LogP contribution in [0.1, 0.15) is 46.5 Å². The monoisotopic (exact) mass is 646 g/mol. The molecule has 1 unspecified atom stereocenters. The van der Waals surface area contributed by atoms with E-state index in [0.29, 0.717) is 18.6 Å². The molecule has 0 saturated carbocycles. The highest BCUT2D eigenvalue weighted by Crippen LogP contribution is 2.28. The number of methoxy groups -OCH3 is 2. The number of benzene rings is 2. The fraction of sp³-hybridized carbons (Fsp3) is 0.469. The Bertz CT molecular complexity index is 1630. The second-order valence-electron chi connectivity index (χ2n) is 11.3. The topological polar surface area (TPSA) is 110 Å². The standard InChI is InChI=1S/C32H38F4N6O4/c1-19-15-41(20(2)16-45-4)10-8-25(19)40-31(44)23-11-21(12-27-29(23)39-18-42(27)17-32(34,35)36)7-6-9-38-26-14-24(33)22(30(43)37-3)13-28(26)46-5/h11-14,18-20,25,38H,8-10,15-17H2,1-5H3,(H,37,43)(H,40,44)/t19-,20?,25-/m0/s1. The van der Waals surface area contributed by atoms with Crippen LogP contribution >= 0.6 is 0 Å². The number of halogens is 4. The second kappa shape index (κ2) is 14.8. The molecule has 3 N–H and O–H groups in total. The van der Waals surface area contributed by atoms with Crippen LogP contribution in [-0.2, 0) is 11.3 Å². The highest BCUT2D eigenvalue weighted by molar-refractivity contribution is 6.05. The van der Waals surface area contributed by atoms with Crippen LogP contribution in [0.2, 0.25) is 0 Å². The average Bonchev–Trinajstić information content (AvgIpc) is 3.40. The molecule has 0 bridgehead atoms. The number of hydrogen-bond acceptors (Lipinski definition) is 7. The van der Waals surface area contributed by atoms with Gasteiger partial charge in [0.25, 0.3) is 11.8 Å². The number of nitrogens with zero attached hydrogens (tertiary/aromatic N) is 3. The fourth-order valence-corrected chi connectivity index (χ4v) is 5.57. The van der Waals surface area contributed by atoms with Crippen LogP contribution in [0.5, 0.6) is 5.75 Å². The van der Waals surface area contributed by atoms with Crippen LogP contribution in [0.3, 0.4) is 0 Å². The van der Waals surface area contributed by atoms with Crippen molar-refractivity contribution in [3.8, 4) is 17.6 Å². The lowest BCUT2D eigenvalue weighted by Gasteiger charge is -2.40. The Morgan fingerprint density at radius 1 is 1.15 bits per heavy atom. The summed E-state index contributed by atoms with van der Waals surface area (Å²) in [6.07, 6.45) is -2.74. The molecule has 2 amide bonds. The molecule has 0 radical (unpaired) electrons. The van der Waals surface area contributed by atoms with E-state index in [1.54, 1.807) is 7.11 Å². The summed E-state index contributed by atoms with van der Waals surface area (Å²) < 4.78 is 66.1. The maximum Gasteiger partial charge on any atom is 0.406 e. The van der Waals surface area contributed by atoms with Gasteiger partial charge >= 0.3 is 6.18 Å². The van der Waals surface area contributed by atoms with Crippen LogP contribution in [0.4, 0.5) is 23.2 Å². The van der Waals surface area contributed by atoms with Crippen molar-refractivity contribution in [2.75, 3.05) is 52.8 Å². The lowest BCUT2D eigenvalue weighted by molar-refractivity contribution is -0.140. The number of likely N-dealkylation sites (tertiary alicyclic amines) is 1. The number of imidazole rings is 1. The average molecular weight is 647 g/mol. The summed E-state index contributed by atoms with van der Waals surface area (Å²) in [5.74, 6) is 4.25. The Kier molecular flexibility index (Phi) is 11.1. The van der Waals surface area contributed by atoms with Gasteiger partial charge in [0, 0.05) is 51.0 Å². The summed E-state index contributed by atoms with van der Waals surface area (Å²) >= 11 is 0. The number of piperidine rings is 1. The van der Waals surface area contributed by atoms with E-state index in [-0.39, 0.29) is 58.1 Å². The molecule has 4 rings (SSSR count). The zero-order valence-electron chi connectivity index (χ0n) is 26.3. The molecule has 3 aromatic rings. The minimum Gasteiger partial charge on any atom is -0.495 e. The molecular formula is C32H38F4N6O4. The molecule has 1 aliphatic rings.